The van der Waals surface area contributed by atoms with Crippen molar-refractivity contribution in [3.8, 4) is 6.07 Å². The molecule has 0 saturated heterocycles. The summed E-state index contributed by atoms with van der Waals surface area (Å²) in [6.07, 6.45) is 5.20. The molecule has 3 nitrogen and oxygen atoms in total. The Morgan fingerprint density at radius 2 is 1.90 bits per heavy atom. The van der Waals surface area contributed by atoms with Crippen LogP contribution in [0.3, 0.4) is 0 Å². The van der Waals surface area contributed by atoms with Gasteiger partial charge in [-0.2, -0.15) is 5.26 Å². The van der Waals surface area contributed by atoms with Gasteiger partial charge in [0.25, 0.3) is 0 Å². The lowest BCUT2D eigenvalue weighted by atomic mass is 9.80. The summed E-state index contributed by atoms with van der Waals surface area (Å²) < 4.78 is 13.7. The Bertz CT molecular complexity index is 542. The van der Waals surface area contributed by atoms with Crippen LogP contribution < -0.4 is 0 Å². The van der Waals surface area contributed by atoms with Gasteiger partial charge in [0.1, 0.15) is 11.2 Å². The Morgan fingerprint density at radius 3 is 2.48 bits per heavy atom. The van der Waals surface area contributed by atoms with Crippen molar-refractivity contribution >= 4 is 5.91 Å². The van der Waals surface area contributed by atoms with Gasteiger partial charge in [0.2, 0.25) is 5.91 Å². The van der Waals surface area contributed by atoms with Crippen LogP contribution in [0, 0.1) is 22.6 Å². The van der Waals surface area contributed by atoms with Gasteiger partial charge < -0.3 is 4.90 Å². The third-order valence-corrected chi connectivity index (χ3v) is 4.29. The van der Waals surface area contributed by atoms with Crippen molar-refractivity contribution in [2.24, 2.45) is 5.41 Å². The van der Waals surface area contributed by atoms with Crippen LogP contribution in [0.15, 0.2) is 24.3 Å². The molecule has 0 aliphatic heterocycles. The van der Waals surface area contributed by atoms with E-state index in [1.165, 1.54) is 11.0 Å². The number of amides is 1. The Kier molecular flexibility index (Phi) is 4.95. The molecule has 0 radical (unpaired) electrons. The van der Waals surface area contributed by atoms with Gasteiger partial charge >= 0.3 is 0 Å². The average Bonchev–Trinajstić information content (AvgIpc) is 2.75. The molecule has 112 valence electrons. The van der Waals surface area contributed by atoms with Crippen LogP contribution in [-0.2, 0) is 11.3 Å². The molecule has 1 aliphatic rings. The largest absolute Gasteiger partial charge is 0.340 e. The Morgan fingerprint density at radius 1 is 1.29 bits per heavy atom. The molecule has 1 fully saturated rings. The number of rotatable bonds is 3. The predicted molar refractivity (Wildman–Crippen MR) is 78.6 cm³/mol. The van der Waals surface area contributed by atoms with Crippen LogP contribution in [0.2, 0.25) is 0 Å². The molecule has 0 atom stereocenters. The highest BCUT2D eigenvalue weighted by atomic mass is 19.1. The molecule has 1 amide bonds. The minimum atomic E-state index is -0.920. The topological polar surface area (TPSA) is 44.1 Å². The van der Waals surface area contributed by atoms with E-state index >= 15 is 0 Å². The summed E-state index contributed by atoms with van der Waals surface area (Å²) in [6, 6.07) is 8.69. The van der Waals surface area contributed by atoms with Gasteiger partial charge in [-0.1, -0.05) is 43.9 Å². The third-order valence-electron chi connectivity index (χ3n) is 4.29. The first-order chi connectivity index (χ1) is 10.1. The van der Waals surface area contributed by atoms with Crippen LogP contribution in [-0.4, -0.2) is 17.9 Å². The van der Waals surface area contributed by atoms with Crippen molar-refractivity contribution < 1.29 is 9.18 Å². The zero-order chi connectivity index (χ0) is 15.3. The fourth-order valence-electron chi connectivity index (χ4n) is 3.02. The first-order valence-corrected chi connectivity index (χ1v) is 7.49. The van der Waals surface area contributed by atoms with Crippen LogP contribution >= 0.6 is 0 Å². The molecule has 1 saturated carbocycles. The zero-order valence-electron chi connectivity index (χ0n) is 12.4. The van der Waals surface area contributed by atoms with E-state index in [1.54, 1.807) is 25.2 Å². The van der Waals surface area contributed by atoms with E-state index in [1.807, 2.05) is 0 Å². The minimum absolute atomic E-state index is 0.171. The maximum atomic E-state index is 13.7. The molecular formula is C17H21FN2O. The second kappa shape index (κ2) is 6.71. The Hall–Kier alpha value is -1.89. The highest BCUT2D eigenvalue weighted by Crippen LogP contribution is 2.36. The normalized spacial score (nSPS) is 17.6. The zero-order valence-corrected chi connectivity index (χ0v) is 12.4. The van der Waals surface area contributed by atoms with E-state index < -0.39 is 5.41 Å². The van der Waals surface area contributed by atoms with Crippen molar-refractivity contribution in [2.75, 3.05) is 7.05 Å². The van der Waals surface area contributed by atoms with Crippen LogP contribution in [0.25, 0.3) is 0 Å². The first kappa shape index (κ1) is 15.5. The summed E-state index contributed by atoms with van der Waals surface area (Å²) in [7, 11) is 1.65. The van der Waals surface area contributed by atoms with Crippen LogP contribution in [0.4, 0.5) is 4.39 Å². The highest BCUT2D eigenvalue weighted by molar-refractivity contribution is 5.85. The van der Waals surface area contributed by atoms with E-state index in [0.29, 0.717) is 18.4 Å². The summed E-state index contributed by atoms with van der Waals surface area (Å²) >= 11 is 0. The molecule has 0 N–H and O–H groups in total. The molecule has 0 aromatic heterocycles. The number of carbonyl (C=O) groups is 1. The number of hydrogen-bond donors (Lipinski definition) is 0. The second-order valence-electron chi connectivity index (χ2n) is 5.86. The average molecular weight is 288 g/mol. The molecule has 21 heavy (non-hydrogen) atoms. The van der Waals surface area contributed by atoms with Gasteiger partial charge in [0.15, 0.2) is 0 Å². The fraction of sp³-hybridized carbons (Fsp3) is 0.529. The van der Waals surface area contributed by atoms with Crippen molar-refractivity contribution in [2.45, 2.75) is 45.1 Å². The third kappa shape index (κ3) is 3.41. The van der Waals surface area contributed by atoms with E-state index in [9.17, 15) is 14.4 Å². The molecule has 1 aromatic carbocycles. The van der Waals surface area contributed by atoms with E-state index in [0.717, 1.165) is 25.7 Å². The van der Waals surface area contributed by atoms with E-state index in [2.05, 4.69) is 6.07 Å². The van der Waals surface area contributed by atoms with Crippen molar-refractivity contribution in [1.29, 1.82) is 5.26 Å². The molecule has 0 heterocycles. The van der Waals surface area contributed by atoms with Gasteiger partial charge in [-0.3, -0.25) is 4.79 Å². The lowest BCUT2D eigenvalue weighted by molar-refractivity contribution is -0.139. The second-order valence-corrected chi connectivity index (χ2v) is 5.86. The van der Waals surface area contributed by atoms with Crippen molar-refractivity contribution in [1.82, 2.24) is 4.90 Å². The lowest BCUT2D eigenvalue weighted by Crippen LogP contribution is -2.40. The molecule has 0 spiro atoms. The van der Waals surface area contributed by atoms with Crippen LogP contribution in [0.5, 0.6) is 0 Å². The summed E-state index contributed by atoms with van der Waals surface area (Å²) in [5.74, 6) is -0.487. The lowest BCUT2D eigenvalue weighted by Gasteiger charge is -2.29. The smallest absolute Gasteiger partial charge is 0.243 e. The molecule has 1 aromatic rings. The summed E-state index contributed by atoms with van der Waals surface area (Å²) in [5, 5.41) is 9.53. The number of halogens is 1. The maximum Gasteiger partial charge on any atom is 0.243 e. The SMILES string of the molecule is CN(Cc1ccccc1F)C(=O)C1(C#N)CCCCCC1. The summed E-state index contributed by atoms with van der Waals surface area (Å²) in [5.41, 5.74) is -0.439. The van der Waals surface area contributed by atoms with Crippen LogP contribution in [0.1, 0.15) is 44.1 Å². The van der Waals surface area contributed by atoms with Gasteiger partial charge in [-0.25, -0.2) is 4.39 Å². The first-order valence-electron chi connectivity index (χ1n) is 7.49. The van der Waals surface area contributed by atoms with Crippen molar-refractivity contribution in [3.63, 3.8) is 0 Å². The Balaban J connectivity index is 2.14. The number of nitrogens with zero attached hydrogens (tertiary/aromatic N) is 2. The molecular weight excluding hydrogens is 267 g/mol. The quantitative estimate of drug-likeness (QED) is 0.797. The summed E-state index contributed by atoms with van der Waals surface area (Å²) in [6.45, 7) is 0.203. The van der Waals surface area contributed by atoms with E-state index in [-0.39, 0.29) is 18.3 Å². The maximum absolute atomic E-state index is 13.7. The van der Waals surface area contributed by atoms with Crippen molar-refractivity contribution in [3.05, 3.63) is 35.6 Å². The van der Waals surface area contributed by atoms with E-state index in [4.69, 9.17) is 0 Å². The number of nitriles is 1. The standard InChI is InChI=1S/C17H21FN2O/c1-20(12-14-8-4-5-9-15(14)18)16(21)17(13-19)10-6-2-3-7-11-17/h4-5,8-9H,2-3,6-7,10-12H2,1H3. The van der Waals surface area contributed by atoms with Gasteiger partial charge in [0.05, 0.1) is 6.07 Å². The number of benzene rings is 1. The Labute approximate surface area is 125 Å². The molecule has 0 bridgehead atoms. The minimum Gasteiger partial charge on any atom is -0.340 e. The molecule has 1 aliphatic carbocycles. The van der Waals surface area contributed by atoms with Gasteiger partial charge in [-0.05, 0) is 18.9 Å². The molecule has 4 heteroatoms. The molecule has 0 unspecified atom stereocenters. The summed E-state index contributed by atoms with van der Waals surface area (Å²) in [4.78, 5) is 14.2. The number of hydrogen-bond acceptors (Lipinski definition) is 2. The number of carbonyl (C=O) groups excluding carboxylic acids is 1. The molecule has 2 rings (SSSR count). The fourth-order valence-corrected chi connectivity index (χ4v) is 3.02. The van der Waals surface area contributed by atoms with Gasteiger partial charge in [0, 0.05) is 19.2 Å². The monoisotopic (exact) mass is 288 g/mol. The predicted octanol–water partition coefficient (Wildman–Crippen LogP) is 3.65. The van der Waals surface area contributed by atoms with Gasteiger partial charge in [-0.15, -0.1) is 0 Å². The highest BCUT2D eigenvalue weighted by Gasteiger charge is 2.40.